The van der Waals surface area contributed by atoms with Gasteiger partial charge in [-0.1, -0.05) is 32.4 Å². The van der Waals surface area contributed by atoms with Gasteiger partial charge in [0.25, 0.3) is 0 Å². The molecule has 0 bridgehead atoms. The van der Waals surface area contributed by atoms with Crippen LogP contribution in [0.2, 0.25) is 0 Å². The molecule has 1 aromatic carbocycles. The van der Waals surface area contributed by atoms with Crippen molar-refractivity contribution in [2.75, 3.05) is 18.0 Å². The highest BCUT2D eigenvalue weighted by Gasteiger charge is 2.29. The average Bonchev–Trinajstić information content (AvgIpc) is 2.40. The zero-order valence-electron chi connectivity index (χ0n) is 11.2. The number of nitrogens with zero attached hydrogens (tertiary/aromatic N) is 1. The Morgan fingerprint density at radius 1 is 1.33 bits per heavy atom. The lowest BCUT2D eigenvalue weighted by Crippen LogP contribution is -2.39. The van der Waals surface area contributed by atoms with Crippen molar-refractivity contribution >= 4 is 5.69 Å². The lowest BCUT2D eigenvalue weighted by molar-refractivity contribution is 0.236. The lowest BCUT2D eigenvalue weighted by Gasteiger charge is -2.40. The van der Waals surface area contributed by atoms with Crippen molar-refractivity contribution in [3.05, 3.63) is 29.6 Å². The number of aliphatic hydroxyl groups excluding tert-OH is 1. The number of hydrogen-bond donors (Lipinski definition) is 1. The summed E-state index contributed by atoms with van der Waals surface area (Å²) < 4.78 is 13.9. The van der Waals surface area contributed by atoms with Crippen LogP contribution < -0.4 is 4.90 Å². The van der Waals surface area contributed by atoms with Gasteiger partial charge in [0, 0.05) is 18.7 Å². The molecule has 0 amide bonds. The molecule has 0 aliphatic carbocycles. The van der Waals surface area contributed by atoms with Gasteiger partial charge in [-0.05, 0) is 24.3 Å². The molecule has 0 unspecified atom stereocenters. The predicted octanol–water partition coefficient (Wildman–Crippen LogP) is 3.33. The molecule has 1 N–H and O–H groups in total. The molecule has 0 atom stereocenters. The molecular formula is C15H22FNO. The van der Waals surface area contributed by atoms with E-state index in [9.17, 15) is 9.50 Å². The van der Waals surface area contributed by atoms with Gasteiger partial charge in [-0.15, -0.1) is 0 Å². The van der Waals surface area contributed by atoms with E-state index in [1.807, 2.05) is 0 Å². The van der Waals surface area contributed by atoms with Crippen LogP contribution in [0.1, 0.15) is 38.7 Å². The number of hydrogen-bond acceptors (Lipinski definition) is 2. The van der Waals surface area contributed by atoms with Crippen LogP contribution in [0.5, 0.6) is 0 Å². The number of aliphatic hydroxyl groups is 1. The second kappa shape index (κ2) is 5.27. The number of anilines is 1. The summed E-state index contributed by atoms with van der Waals surface area (Å²) in [6, 6.07) is 4.93. The molecule has 0 saturated carbocycles. The molecule has 0 radical (unpaired) electrons. The summed E-state index contributed by atoms with van der Waals surface area (Å²) in [6.07, 6.45) is 3.34. The van der Waals surface area contributed by atoms with Crippen molar-refractivity contribution in [1.82, 2.24) is 0 Å². The zero-order valence-corrected chi connectivity index (χ0v) is 11.2. The van der Waals surface area contributed by atoms with Gasteiger partial charge in [-0.3, -0.25) is 0 Å². The van der Waals surface area contributed by atoms with Crippen LogP contribution in [0.15, 0.2) is 18.2 Å². The monoisotopic (exact) mass is 251 g/mol. The van der Waals surface area contributed by atoms with E-state index in [1.54, 1.807) is 12.1 Å². The number of piperidine rings is 1. The first-order chi connectivity index (χ1) is 8.59. The summed E-state index contributed by atoms with van der Waals surface area (Å²) in [5.74, 6) is -0.221. The molecule has 3 heteroatoms. The van der Waals surface area contributed by atoms with Crippen LogP contribution in [0.4, 0.5) is 10.1 Å². The molecule has 100 valence electrons. The molecule has 1 aliphatic rings. The number of rotatable bonds is 3. The van der Waals surface area contributed by atoms with Crippen LogP contribution in [-0.2, 0) is 6.61 Å². The first-order valence-electron chi connectivity index (χ1n) is 6.73. The van der Waals surface area contributed by atoms with E-state index in [2.05, 4.69) is 18.7 Å². The molecular weight excluding hydrogens is 229 g/mol. The molecule has 0 aromatic heterocycles. The van der Waals surface area contributed by atoms with E-state index in [4.69, 9.17) is 0 Å². The highest BCUT2D eigenvalue weighted by molar-refractivity contribution is 5.55. The van der Waals surface area contributed by atoms with Crippen LogP contribution in [-0.4, -0.2) is 18.2 Å². The van der Waals surface area contributed by atoms with Gasteiger partial charge in [0.15, 0.2) is 0 Å². The maximum absolute atomic E-state index is 13.9. The molecule has 1 aliphatic heterocycles. The van der Waals surface area contributed by atoms with Crippen LogP contribution in [0.3, 0.4) is 0 Å². The Balaban J connectivity index is 2.19. The van der Waals surface area contributed by atoms with Crippen LogP contribution >= 0.6 is 0 Å². The molecule has 1 aromatic rings. The van der Waals surface area contributed by atoms with E-state index >= 15 is 0 Å². The largest absolute Gasteiger partial charge is 0.392 e. The second-order valence-corrected chi connectivity index (χ2v) is 5.56. The van der Waals surface area contributed by atoms with Crippen LogP contribution in [0, 0.1) is 11.2 Å². The number of para-hydroxylation sites is 1. The zero-order chi connectivity index (χ0) is 13.2. The summed E-state index contributed by atoms with van der Waals surface area (Å²) in [7, 11) is 0. The van der Waals surface area contributed by atoms with Gasteiger partial charge in [-0.2, -0.15) is 0 Å². The number of benzene rings is 1. The van der Waals surface area contributed by atoms with E-state index in [0.29, 0.717) is 16.7 Å². The van der Waals surface area contributed by atoms with Gasteiger partial charge in [-0.25, -0.2) is 4.39 Å². The van der Waals surface area contributed by atoms with Crippen molar-refractivity contribution in [2.24, 2.45) is 5.41 Å². The third kappa shape index (κ3) is 2.51. The lowest BCUT2D eigenvalue weighted by atomic mass is 9.78. The Labute approximate surface area is 108 Å². The molecule has 18 heavy (non-hydrogen) atoms. The molecule has 2 nitrogen and oxygen atoms in total. The molecule has 0 spiro atoms. The van der Waals surface area contributed by atoms with Gasteiger partial charge >= 0.3 is 0 Å². The Kier molecular flexibility index (Phi) is 3.91. The standard InChI is InChI=1S/C15H22FNO/c1-3-15(2)7-9-17(10-8-15)14-12(11-18)5-4-6-13(14)16/h4-6,18H,3,7-11H2,1-2H3. The molecule has 1 saturated heterocycles. The van der Waals surface area contributed by atoms with E-state index in [1.165, 1.54) is 12.5 Å². The fourth-order valence-corrected chi connectivity index (χ4v) is 2.67. The number of halogens is 1. The topological polar surface area (TPSA) is 23.5 Å². The van der Waals surface area contributed by atoms with E-state index < -0.39 is 0 Å². The summed E-state index contributed by atoms with van der Waals surface area (Å²) in [6.45, 7) is 6.17. The van der Waals surface area contributed by atoms with Crippen LogP contribution in [0.25, 0.3) is 0 Å². The van der Waals surface area contributed by atoms with Crippen molar-refractivity contribution in [1.29, 1.82) is 0 Å². The minimum Gasteiger partial charge on any atom is -0.392 e. The van der Waals surface area contributed by atoms with Gasteiger partial charge in [0.1, 0.15) is 5.82 Å². The molecule has 1 fully saturated rings. The van der Waals surface area contributed by atoms with Gasteiger partial charge in [0.2, 0.25) is 0 Å². The summed E-state index contributed by atoms with van der Waals surface area (Å²) >= 11 is 0. The average molecular weight is 251 g/mol. The minimum absolute atomic E-state index is 0.103. The Hall–Kier alpha value is -1.09. The van der Waals surface area contributed by atoms with Crippen molar-refractivity contribution in [3.63, 3.8) is 0 Å². The van der Waals surface area contributed by atoms with Crippen molar-refractivity contribution < 1.29 is 9.50 Å². The fourth-order valence-electron chi connectivity index (χ4n) is 2.67. The first-order valence-corrected chi connectivity index (χ1v) is 6.73. The highest BCUT2D eigenvalue weighted by Crippen LogP contribution is 2.37. The summed E-state index contributed by atoms with van der Waals surface area (Å²) in [5.41, 5.74) is 1.68. The first kappa shape index (κ1) is 13.3. The molecule has 1 heterocycles. The van der Waals surface area contributed by atoms with Gasteiger partial charge in [0.05, 0.1) is 12.3 Å². The Morgan fingerprint density at radius 3 is 2.56 bits per heavy atom. The summed E-state index contributed by atoms with van der Waals surface area (Å²) in [4.78, 5) is 2.08. The maximum Gasteiger partial charge on any atom is 0.146 e. The van der Waals surface area contributed by atoms with Gasteiger partial charge < -0.3 is 10.0 Å². The smallest absolute Gasteiger partial charge is 0.146 e. The predicted molar refractivity (Wildman–Crippen MR) is 72.2 cm³/mol. The van der Waals surface area contributed by atoms with E-state index in [0.717, 1.165) is 25.9 Å². The minimum atomic E-state index is -0.221. The Morgan fingerprint density at radius 2 is 2.00 bits per heavy atom. The van der Waals surface area contributed by atoms with E-state index in [-0.39, 0.29) is 12.4 Å². The SMILES string of the molecule is CCC1(C)CCN(c2c(F)cccc2CO)CC1. The highest BCUT2D eigenvalue weighted by atomic mass is 19.1. The van der Waals surface area contributed by atoms with Crippen molar-refractivity contribution in [2.45, 2.75) is 39.7 Å². The summed E-state index contributed by atoms with van der Waals surface area (Å²) in [5, 5.41) is 9.33. The molecule has 2 rings (SSSR count). The second-order valence-electron chi connectivity index (χ2n) is 5.56. The van der Waals surface area contributed by atoms with Crippen molar-refractivity contribution in [3.8, 4) is 0 Å². The fraction of sp³-hybridized carbons (Fsp3) is 0.600. The normalized spacial score (nSPS) is 19.0. The Bertz CT molecular complexity index is 411. The third-order valence-electron chi connectivity index (χ3n) is 4.38. The maximum atomic E-state index is 13.9. The third-order valence-corrected chi connectivity index (χ3v) is 4.38. The quantitative estimate of drug-likeness (QED) is 0.890.